The molecule has 1 aromatic carbocycles. The van der Waals surface area contributed by atoms with Gasteiger partial charge in [0, 0.05) is 11.1 Å². The highest BCUT2D eigenvalue weighted by atomic mass is 35.5. The van der Waals surface area contributed by atoms with Crippen molar-refractivity contribution in [3.8, 4) is 6.07 Å². The minimum Gasteiger partial charge on any atom is -0.312 e. The standard InChI is InChI=1S/C15H19ClN2/c16-14-7-5-12(6-8-14)9-10-18-15-4-2-1-3-13(15)11-17/h5-8,13,15,18H,1-4,9-10H2. The summed E-state index contributed by atoms with van der Waals surface area (Å²) in [5, 5.41) is 13.4. The van der Waals surface area contributed by atoms with Crippen LogP contribution in [-0.4, -0.2) is 12.6 Å². The molecule has 0 spiro atoms. The number of hydrogen-bond acceptors (Lipinski definition) is 2. The van der Waals surface area contributed by atoms with Crippen molar-refractivity contribution in [3.05, 3.63) is 34.9 Å². The average molecular weight is 263 g/mol. The van der Waals surface area contributed by atoms with Gasteiger partial charge in [-0.3, -0.25) is 0 Å². The lowest BCUT2D eigenvalue weighted by atomic mass is 9.85. The molecule has 1 fully saturated rings. The summed E-state index contributed by atoms with van der Waals surface area (Å²) < 4.78 is 0. The van der Waals surface area contributed by atoms with E-state index in [-0.39, 0.29) is 5.92 Å². The van der Waals surface area contributed by atoms with Crippen LogP contribution < -0.4 is 5.32 Å². The van der Waals surface area contributed by atoms with Crippen molar-refractivity contribution >= 4 is 11.6 Å². The van der Waals surface area contributed by atoms with Gasteiger partial charge in [-0.25, -0.2) is 0 Å². The van der Waals surface area contributed by atoms with Gasteiger partial charge in [0.15, 0.2) is 0 Å². The Morgan fingerprint density at radius 1 is 1.22 bits per heavy atom. The molecule has 3 heteroatoms. The van der Waals surface area contributed by atoms with Crippen LogP contribution in [0.3, 0.4) is 0 Å². The van der Waals surface area contributed by atoms with Gasteiger partial charge in [-0.1, -0.05) is 36.6 Å². The van der Waals surface area contributed by atoms with Gasteiger partial charge in [-0.15, -0.1) is 0 Å². The van der Waals surface area contributed by atoms with Crippen molar-refractivity contribution in [2.45, 2.75) is 38.1 Å². The van der Waals surface area contributed by atoms with Crippen LogP contribution in [-0.2, 0) is 6.42 Å². The Morgan fingerprint density at radius 3 is 2.67 bits per heavy atom. The van der Waals surface area contributed by atoms with Gasteiger partial charge in [0.2, 0.25) is 0 Å². The molecule has 2 unspecified atom stereocenters. The Labute approximate surface area is 114 Å². The zero-order valence-corrected chi connectivity index (χ0v) is 11.3. The highest BCUT2D eigenvalue weighted by Crippen LogP contribution is 2.23. The summed E-state index contributed by atoms with van der Waals surface area (Å²) in [5.41, 5.74) is 1.29. The molecule has 2 nitrogen and oxygen atoms in total. The summed E-state index contributed by atoms with van der Waals surface area (Å²) >= 11 is 5.85. The maximum Gasteiger partial charge on any atom is 0.0672 e. The fourth-order valence-corrected chi connectivity index (χ4v) is 2.71. The Morgan fingerprint density at radius 2 is 1.94 bits per heavy atom. The van der Waals surface area contributed by atoms with Gasteiger partial charge in [-0.2, -0.15) is 5.26 Å². The molecule has 1 aromatic rings. The van der Waals surface area contributed by atoms with Crippen molar-refractivity contribution in [1.29, 1.82) is 5.26 Å². The van der Waals surface area contributed by atoms with Gasteiger partial charge >= 0.3 is 0 Å². The van der Waals surface area contributed by atoms with Crippen molar-refractivity contribution in [2.75, 3.05) is 6.54 Å². The predicted molar refractivity (Wildman–Crippen MR) is 74.5 cm³/mol. The first kappa shape index (κ1) is 13.4. The SMILES string of the molecule is N#CC1CCCCC1NCCc1ccc(Cl)cc1. The van der Waals surface area contributed by atoms with Crippen molar-refractivity contribution in [3.63, 3.8) is 0 Å². The summed E-state index contributed by atoms with van der Waals surface area (Å²) in [6.07, 6.45) is 5.63. The molecule has 0 heterocycles. The number of rotatable bonds is 4. The number of halogens is 1. The van der Waals surface area contributed by atoms with E-state index in [0.29, 0.717) is 6.04 Å². The van der Waals surface area contributed by atoms with Gasteiger partial charge in [0.05, 0.1) is 12.0 Å². The predicted octanol–water partition coefficient (Wildman–Crippen LogP) is 3.55. The van der Waals surface area contributed by atoms with Gasteiger partial charge < -0.3 is 5.32 Å². The molecule has 18 heavy (non-hydrogen) atoms. The highest BCUT2D eigenvalue weighted by molar-refractivity contribution is 6.30. The summed E-state index contributed by atoms with van der Waals surface area (Å²) in [7, 11) is 0. The Bertz CT molecular complexity index is 407. The molecule has 2 atom stereocenters. The van der Waals surface area contributed by atoms with E-state index < -0.39 is 0 Å². The molecule has 2 rings (SSSR count). The Hall–Kier alpha value is -1.04. The molecular weight excluding hydrogens is 244 g/mol. The van der Waals surface area contributed by atoms with Crippen LogP contribution in [0.4, 0.5) is 0 Å². The second-order valence-corrected chi connectivity index (χ2v) is 5.39. The molecule has 0 saturated heterocycles. The van der Waals surface area contributed by atoms with Crippen LogP contribution in [0.15, 0.2) is 24.3 Å². The third kappa shape index (κ3) is 3.73. The maximum absolute atomic E-state index is 9.10. The topological polar surface area (TPSA) is 35.8 Å². The fourth-order valence-electron chi connectivity index (χ4n) is 2.58. The van der Waals surface area contributed by atoms with Gasteiger partial charge in [0.25, 0.3) is 0 Å². The average Bonchev–Trinajstić information content (AvgIpc) is 2.41. The van der Waals surface area contributed by atoms with E-state index in [0.717, 1.165) is 30.8 Å². The van der Waals surface area contributed by atoms with Crippen LogP contribution in [0.2, 0.25) is 5.02 Å². The zero-order valence-electron chi connectivity index (χ0n) is 10.5. The van der Waals surface area contributed by atoms with Crippen LogP contribution >= 0.6 is 11.6 Å². The summed E-state index contributed by atoms with van der Waals surface area (Å²) in [4.78, 5) is 0. The number of nitrogens with one attached hydrogen (secondary N) is 1. The molecule has 0 aromatic heterocycles. The van der Waals surface area contributed by atoms with E-state index in [2.05, 4.69) is 23.5 Å². The van der Waals surface area contributed by atoms with E-state index >= 15 is 0 Å². The minimum absolute atomic E-state index is 0.198. The first-order valence-corrected chi connectivity index (χ1v) is 7.05. The number of nitrogens with zero attached hydrogens (tertiary/aromatic N) is 1. The Balaban J connectivity index is 1.77. The largest absolute Gasteiger partial charge is 0.312 e. The summed E-state index contributed by atoms with van der Waals surface area (Å²) in [5.74, 6) is 0.198. The maximum atomic E-state index is 9.10. The fraction of sp³-hybridized carbons (Fsp3) is 0.533. The van der Waals surface area contributed by atoms with Gasteiger partial charge in [-0.05, 0) is 43.5 Å². The van der Waals surface area contributed by atoms with Crippen LogP contribution in [0, 0.1) is 17.2 Å². The van der Waals surface area contributed by atoms with Crippen LogP contribution in [0.5, 0.6) is 0 Å². The quantitative estimate of drug-likeness (QED) is 0.901. The number of nitriles is 1. The van der Waals surface area contributed by atoms with E-state index in [9.17, 15) is 0 Å². The zero-order chi connectivity index (χ0) is 12.8. The van der Waals surface area contributed by atoms with E-state index in [1.807, 2.05) is 12.1 Å². The van der Waals surface area contributed by atoms with Crippen molar-refractivity contribution in [1.82, 2.24) is 5.32 Å². The normalized spacial score (nSPS) is 23.6. The molecule has 1 saturated carbocycles. The minimum atomic E-state index is 0.198. The van der Waals surface area contributed by atoms with E-state index in [4.69, 9.17) is 16.9 Å². The third-order valence-electron chi connectivity index (χ3n) is 3.67. The monoisotopic (exact) mass is 262 g/mol. The van der Waals surface area contributed by atoms with Crippen LogP contribution in [0.25, 0.3) is 0 Å². The molecule has 0 aliphatic heterocycles. The third-order valence-corrected chi connectivity index (χ3v) is 3.92. The smallest absolute Gasteiger partial charge is 0.0672 e. The first-order valence-electron chi connectivity index (χ1n) is 6.67. The van der Waals surface area contributed by atoms with Crippen molar-refractivity contribution in [2.24, 2.45) is 5.92 Å². The Kier molecular flexibility index (Phi) is 5.04. The van der Waals surface area contributed by atoms with E-state index in [1.165, 1.54) is 18.4 Å². The molecule has 0 amide bonds. The van der Waals surface area contributed by atoms with E-state index in [1.54, 1.807) is 0 Å². The molecular formula is C15H19ClN2. The second kappa shape index (κ2) is 6.78. The molecule has 1 N–H and O–H groups in total. The molecule has 96 valence electrons. The first-order chi connectivity index (χ1) is 8.79. The summed E-state index contributed by atoms with van der Waals surface area (Å²) in [6, 6.07) is 10.8. The summed E-state index contributed by atoms with van der Waals surface area (Å²) in [6.45, 7) is 0.935. The van der Waals surface area contributed by atoms with Gasteiger partial charge in [0.1, 0.15) is 0 Å². The van der Waals surface area contributed by atoms with Crippen molar-refractivity contribution < 1.29 is 0 Å². The molecule has 1 aliphatic rings. The lowest BCUT2D eigenvalue weighted by Gasteiger charge is -2.27. The lowest BCUT2D eigenvalue weighted by molar-refractivity contribution is 0.314. The number of hydrogen-bond donors (Lipinski definition) is 1. The molecule has 0 bridgehead atoms. The second-order valence-electron chi connectivity index (χ2n) is 4.96. The lowest BCUT2D eigenvalue weighted by Crippen LogP contribution is -2.38. The number of benzene rings is 1. The molecule has 0 radical (unpaired) electrons. The van der Waals surface area contributed by atoms with Crippen LogP contribution in [0.1, 0.15) is 31.2 Å². The highest BCUT2D eigenvalue weighted by Gasteiger charge is 2.23. The molecule has 1 aliphatic carbocycles.